The van der Waals surface area contributed by atoms with Gasteiger partial charge in [0.15, 0.2) is 0 Å². The molecule has 2 unspecified atom stereocenters. The van der Waals surface area contributed by atoms with E-state index in [4.69, 9.17) is 31.4 Å². The topological polar surface area (TPSA) is 126 Å². The molecule has 5 rings (SSSR count). The third-order valence-electron chi connectivity index (χ3n) is 7.98. The molecule has 3 atom stereocenters. The Kier molecular flexibility index (Phi) is 18.2. The molecule has 0 radical (unpaired) electrons. The SMILES string of the molecule is CSc1ccc(CNC(C(=O)N2C[C@@H](CN(C)C)Cc3cc(Cl)ccc32)C(C)c2c[nH]c3ccccc23)cc1.FC(F)F.O=C(O)C(F)(F)F.O=CO. The highest BCUT2D eigenvalue weighted by atomic mass is 35.5. The molecule has 1 amide bonds. The molecule has 0 aliphatic carbocycles. The first-order valence-electron chi connectivity index (χ1n) is 15.9. The fourth-order valence-electron chi connectivity index (χ4n) is 5.83. The van der Waals surface area contributed by atoms with Crippen LogP contribution in [0.15, 0.2) is 77.8 Å². The minimum absolute atomic E-state index is 0.0518. The Morgan fingerprint density at radius 3 is 2.23 bits per heavy atom. The minimum atomic E-state index is -5.08. The first-order chi connectivity index (χ1) is 24.9. The van der Waals surface area contributed by atoms with Gasteiger partial charge in [0.1, 0.15) is 0 Å². The van der Waals surface area contributed by atoms with Crippen LogP contribution in [0.25, 0.3) is 10.9 Å². The normalized spacial score (nSPS) is 14.8. The number of carboxylic acids is 1. The fourth-order valence-corrected chi connectivity index (χ4v) is 6.43. The maximum atomic E-state index is 14.6. The summed E-state index contributed by atoms with van der Waals surface area (Å²) < 4.78 is 60.7. The number of H-pyrrole nitrogens is 1. The molecule has 0 bridgehead atoms. The number of halogens is 7. The Labute approximate surface area is 312 Å². The summed E-state index contributed by atoms with van der Waals surface area (Å²) in [5.41, 5.74) is 5.50. The lowest BCUT2D eigenvalue weighted by Gasteiger charge is -2.39. The number of aliphatic carboxylic acids is 1. The first-order valence-corrected chi connectivity index (χ1v) is 17.5. The lowest BCUT2D eigenvalue weighted by atomic mass is 9.88. The summed E-state index contributed by atoms with van der Waals surface area (Å²) in [6.45, 7) is 0.451. The minimum Gasteiger partial charge on any atom is -0.483 e. The lowest BCUT2D eigenvalue weighted by molar-refractivity contribution is -0.192. The number of carboxylic acid groups (broad SMARTS) is 2. The van der Waals surface area contributed by atoms with Crippen molar-refractivity contribution in [3.63, 3.8) is 0 Å². The summed E-state index contributed by atoms with van der Waals surface area (Å²) in [6, 6.07) is 22.4. The van der Waals surface area contributed by atoms with Crippen molar-refractivity contribution >= 4 is 58.3 Å². The molecule has 2 heterocycles. The maximum absolute atomic E-state index is 14.6. The molecular formula is C36H41ClF6N4O5S. The highest BCUT2D eigenvalue weighted by molar-refractivity contribution is 7.98. The van der Waals surface area contributed by atoms with Crippen molar-refractivity contribution in [1.82, 2.24) is 15.2 Å². The predicted octanol–water partition coefficient (Wildman–Crippen LogP) is 8.08. The molecule has 3 aromatic carbocycles. The number of alkyl halides is 6. The number of aromatic nitrogens is 1. The van der Waals surface area contributed by atoms with E-state index in [1.165, 1.54) is 4.90 Å². The summed E-state index contributed by atoms with van der Waals surface area (Å²) >= 11 is 8.13. The van der Waals surface area contributed by atoms with Crippen LogP contribution in [0, 0.1) is 5.92 Å². The van der Waals surface area contributed by atoms with E-state index in [1.54, 1.807) is 11.8 Å². The smallest absolute Gasteiger partial charge is 0.483 e. The molecule has 0 saturated carbocycles. The summed E-state index contributed by atoms with van der Waals surface area (Å²) in [6.07, 6.45) is -0.0306. The number of carbonyl (C=O) groups excluding carboxylic acids is 1. The second kappa shape index (κ2) is 21.5. The van der Waals surface area contributed by atoms with Gasteiger partial charge in [0.25, 0.3) is 6.47 Å². The molecule has 0 spiro atoms. The van der Waals surface area contributed by atoms with E-state index < -0.39 is 24.9 Å². The number of thioether (sulfide) groups is 1. The fraction of sp³-hybridized carbons (Fsp3) is 0.361. The molecule has 53 heavy (non-hydrogen) atoms. The van der Waals surface area contributed by atoms with E-state index in [-0.39, 0.29) is 18.3 Å². The molecule has 17 heteroatoms. The van der Waals surface area contributed by atoms with Crippen LogP contribution in [0.1, 0.15) is 29.5 Å². The van der Waals surface area contributed by atoms with Crippen LogP contribution >= 0.6 is 23.4 Å². The van der Waals surface area contributed by atoms with Crippen LogP contribution in [-0.4, -0.2) is 90.8 Å². The molecule has 1 aliphatic rings. The molecular weight excluding hydrogens is 750 g/mol. The second-order valence-electron chi connectivity index (χ2n) is 12.0. The van der Waals surface area contributed by atoms with Crippen molar-refractivity contribution in [1.29, 1.82) is 0 Å². The van der Waals surface area contributed by atoms with E-state index in [2.05, 4.69) is 91.1 Å². The third kappa shape index (κ3) is 14.2. The van der Waals surface area contributed by atoms with Crippen molar-refractivity contribution in [2.45, 2.75) is 49.6 Å². The van der Waals surface area contributed by atoms with E-state index in [1.807, 2.05) is 29.2 Å². The number of amides is 1. The molecule has 9 nitrogen and oxygen atoms in total. The predicted molar refractivity (Wildman–Crippen MR) is 195 cm³/mol. The van der Waals surface area contributed by atoms with E-state index in [9.17, 15) is 31.1 Å². The zero-order valence-electron chi connectivity index (χ0n) is 29.2. The largest absolute Gasteiger partial charge is 0.490 e. The van der Waals surface area contributed by atoms with E-state index in [0.717, 1.165) is 46.2 Å². The van der Waals surface area contributed by atoms with Gasteiger partial charge in [-0.05, 0) is 85.8 Å². The molecule has 1 aliphatic heterocycles. The Bertz CT molecular complexity index is 1760. The van der Waals surface area contributed by atoms with Gasteiger partial charge in [-0.2, -0.15) is 26.3 Å². The van der Waals surface area contributed by atoms with Gasteiger partial charge in [-0.25, -0.2) is 4.79 Å². The Balaban J connectivity index is 0.000000595. The number of nitrogens with one attached hydrogen (secondary N) is 2. The number of fused-ring (bicyclic) bond motifs is 2. The Morgan fingerprint density at radius 1 is 1.09 bits per heavy atom. The number of para-hydroxylation sites is 1. The first kappa shape index (κ1) is 44.9. The van der Waals surface area contributed by atoms with Crippen molar-refractivity contribution in [2.75, 3.05) is 38.3 Å². The van der Waals surface area contributed by atoms with E-state index in [0.29, 0.717) is 24.0 Å². The molecule has 290 valence electrons. The molecule has 0 fully saturated rings. The van der Waals surface area contributed by atoms with Gasteiger partial charge in [0.2, 0.25) is 5.91 Å². The molecule has 1 aromatic heterocycles. The number of anilines is 1. The summed E-state index contributed by atoms with van der Waals surface area (Å²) in [5, 5.41) is 19.6. The van der Waals surface area contributed by atoms with Crippen molar-refractivity contribution in [3.8, 4) is 0 Å². The number of hydrogen-bond donors (Lipinski definition) is 4. The highest BCUT2D eigenvalue weighted by Gasteiger charge is 2.38. The van der Waals surface area contributed by atoms with Crippen LogP contribution in [0.5, 0.6) is 0 Å². The van der Waals surface area contributed by atoms with E-state index >= 15 is 0 Å². The molecule has 0 saturated heterocycles. The van der Waals surface area contributed by atoms with Gasteiger partial charge < -0.3 is 30.3 Å². The number of benzene rings is 3. The quantitative estimate of drug-likeness (QED) is 0.0762. The van der Waals surface area contributed by atoms with Crippen molar-refractivity contribution in [3.05, 3.63) is 94.6 Å². The van der Waals surface area contributed by atoms with Crippen LogP contribution in [0.2, 0.25) is 5.02 Å². The lowest BCUT2D eigenvalue weighted by Crippen LogP contribution is -2.52. The van der Waals surface area contributed by atoms with Crippen molar-refractivity contribution in [2.24, 2.45) is 5.92 Å². The monoisotopic (exact) mass is 790 g/mol. The van der Waals surface area contributed by atoms with Gasteiger partial charge in [0, 0.05) is 58.3 Å². The average Bonchev–Trinajstić information content (AvgIpc) is 3.52. The number of carbonyl (C=O) groups is 3. The molecule has 4 aromatic rings. The zero-order chi connectivity index (χ0) is 39.9. The zero-order valence-corrected chi connectivity index (χ0v) is 30.8. The van der Waals surface area contributed by atoms with Gasteiger partial charge in [-0.15, -0.1) is 11.8 Å². The van der Waals surface area contributed by atoms with Gasteiger partial charge >= 0.3 is 18.8 Å². The highest BCUT2D eigenvalue weighted by Crippen LogP contribution is 2.35. The average molecular weight is 791 g/mol. The summed E-state index contributed by atoms with van der Waals surface area (Å²) in [4.78, 5) is 40.7. The summed E-state index contributed by atoms with van der Waals surface area (Å²) in [5.74, 6) is -2.38. The standard InChI is InChI=1S/C32H37ClN4OS.C2HF3O2.CHF3.CH2O2/c1-21(28-18-34-29-8-6-5-7-27(28)29)31(35-17-22-9-12-26(39-4)13-10-22)32(38)37-20-23(19-36(2)3)15-24-16-25(33)11-14-30(24)37;3-2(4,5)1(6)7;2-1(3)4;2-1-3/h5-14,16,18,21,23,31,34-35H,15,17,19-20H2,1-4H3;(H,6,7);1H;1H,(H,2,3)/t21?,23-,31?;;;/m1.../s1. The number of hydrogen-bond acceptors (Lipinski definition) is 6. The van der Waals surface area contributed by atoms with Crippen LogP contribution in [0.4, 0.5) is 32.0 Å². The maximum Gasteiger partial charge on any atom is 0.490 e. The van der Waals surface area contributed by atoms with Gasteiger partial charge in [-0.1, -0.05) is 48.9 Å². The number of nitrogens with zero attached hydrogens (tertiary/aromatic N) is 2. The number of aromatic amines is 1. The van der Waals surface area contributed by atoms with Crippen molar-refractivity contribution < 1.29 is 50.9 Å². The van der Waals surface area contributed by atoms with Crippen LogP contribution < -0.4 is 10.2 Å². The Morgan fingerprint density at radius 2 is 1.68 bits per heavy atom. The van der Waals surface area contributed by atoms with Gasteiger partial charge in [0.05, 0.1) is 6.04 Å². The number of rotatable bonds is 9. The second-order valence-corrected chi connectivity index (χ2v) is 13.3. The molecule has 4 N–H and O–H groups in total. The Hall–Kier alpha value is -4.25. The summed E-state index contributed by atoms with van der Waals surface area (Å²) in [7, 11) is 4.18. The van der Waals surface area contributed by atoms with Gasteiger partial charge in [-0.3, -0.25) is 9.59 Å². The third-order valence-corrected chi connectivity index (χ3v) is 8.96. The van der Waals surface area contributed by atoms with Crippen LogP contribution in [-0.2, 0) is 27.3 Å². The van der Waals surface area contributed by atoms with Crippen LogP contribution in [0.3, 0.4) is 0 Å².